The number of nitrogens with zero attached hydrogens (tertiary/aromatic N) is 1. The summed E-state index contributed by atoms with van der Waals surface area (Å²) in [5.41, 5.74) is 4.96. The van der Waals surface area contributed by atoms with E-state index in [2.05, 4.69) is 50.4 Å². The third kappa shape index (κ3) is 2.97. The first-order chi connectivity index (χ1) is 13.2. The Labute approximate surface area is 162 Å². The van der Waals surface area contributed by atoms with Crippen LogP contribution in [-0.4, -0.2) is 34.5 Å². The second-order valence-corrected chi connectivity index (χ2v) is 8.59. The van der Waals surface area contributed by atoms with Crippen molar-refractivity contribution in [1.29, 1.82) is 0 Å². The lowest BCUT2D eigenvalue weighted by molar-refractivity contribution is -0.132. The number of hydrogen-bond donors (Lipinski definition) is 3. The van der Waals surface area contributed by atoms with Crippen molar-refractivity contribution in [1.82, 2.24) is 20.6 Å². The molecular weight excluding hydrogens is 356 g/mol. The van der Waals surface area contributed by atoms with Gasteiger partial charge < -0.3 is 15.6 Å². The van der Waals surface area contributed by atoms with Gasteiger partial charge in [0.05, 0.1) is 16.6 Å². The molecule has 0 saturated carbocycles. The molecule has 3 N–H and O–H groups in total. The van der Waals surface area contributed by atoms with E-state index >= 15 is 0 Å². The van der Waals surface area contributed by atoms with Crippen LogP contribution in [0.1, 0.15) is 30.5 Å². The zero-order valence-corrected chi connectivity index (χ0v) is 16.0. The highest BCUT2D eigenvalue weighted by molar-refractivity contribution is 7.07. The highest BCUT2D eigenvalue weighted by Gasteiger charge is 2.55. The van der Waals surface area contributed by atoms with Crippen LogP contribution in [0.4, 0.5) is 0 Å². The summed E-state index contributed by atoms with van der Waals surface area (Å²) < 4.78 is 0. The molecule has 2 aliphatic rings. The molecule has 2 aliphatic heterocycles. The molecule has 5 rings (SSSR count). The Hall–Kier alpha value is -2.18. The smallest absolute Gasteiger partial charge is 0.228 e. The predicted octanol–water partition coefficient (Wildman–Crippen LogP) is 3.04. The maximum Gasteiger partial charge on any atom is 0.228 e. The van der Waals surface area contributed by atoms with E-state index in [0.29, 0.717) is 12.6 Å². The number of benzene rings is 1. The molecule has 2 saturated heterocycles. The van der Waals surface area contributed by atoms with E-state index in [1.54, 1.807) is 11.3 Å². The maximum atomic E-state index is 13.3. The Balaban J connectivity index is 1.29. The van der Waals surface area contributed by atoms with Gasteiger partial charge in [-0.05, 0) is 37.3 Å². The number of thiazole rings is 1. The first-order valence-corrected chi connectivity index (χ1v) is 10.7. The van der Waals surface area contributed by atoms with E-state index in [0.717, 1.165) is 36.9 Å². The van der Waals surface area contributed by atoms with Gasteiger partial charge >= 0.3 is 0 Å². The molecule has 2 aromatic heterocycles. The van der Waals surface area contributed by atoms with E-state index < -0.39 is 0 Å². The van der Waals surface area contributed by atoms with Gasteiger partial charge in [-0.3, -0.25) is 4.79 Å². The number of hydrogen-bond acceptors (Lipinski definition) is 4. The zero-order valence-electron chi connectivity index (χ0n) is 15.2. The largest absolute Gasteiger partial charge is 0.361 e. The number of fused-ring (bicyclic) bond motifs is 3. The van der Waals surface area contributed by atoms with Gasteiger partial charge in [0.15, 0.2) is 0 Å². The molecule has 140 valence electrons. The highest BCUT2D eigenvalue weighted by atomic mass is 32.1. The molecule has 6 heteroatoms. The predicted molar refractivity (Wildman–Crippen MR) is 108 cm³/mol. The minimum atomic E-state index is -0.350. The molecule has 0 radical (unpaired) electrons. The molecule has 5 nitrogen and oxygen atoms in total. The quantitative estimate of drug-likeness (QED) is 0.616. The first kappa shape index (κ1) is 17.0. The number of aromatic amines is 1. The number of carbonyl (C=O) groups is 1. The lowest BCUT2D eigenvalue weighted by atomic mass is 9.70. The van der Waals surface area contributed by atoms with Crippen molar-refractivity contribution in [2.75, 3.05) is 6.54 Å². The van der Waals surface area contributed by atoms with Crippen molar-refractivity contribution in [2.45, 2.75) is 44.2 Å². The van der Waals surface area contributed by atoms with E-state index in [1.807, 2.05) is 11.6 Å². The van der Waals surface area contributed by atoms with Crippen LogP contribution < -0.4 is 10.6 Å². The van der Waals surface area contributed by atoms with Gasteiger partial charge in [-0.25, -0.2) is 4.98 Å². The number of para-hydroxylation sites is 1. The van der Waals surface area contributed by atoms with Crippen LogP contribution in [0.25, 0.3) is 10.9 Å². The normalized spacial score (nSPS) is 26.7. The standard InChI is InChI=1S/C21H24N4OS/c26-20(22-8-7-14-11-23-18-4-2-1-3-17(14)18)21(10-16-12-27-13-24-16)9-15-5-6-19(21)25-15/h1-4,11-13,15,19,23,25H,5-10H2,(H,22,26)/t15-,19+,21-/m0/s1. The van der Waals surface area contributed by atoms with Crippen LogP contribution in [0.3, 0.4) is 0 Å². The van der Waals surface area contributed by atoms with Crippen molar-refractivity contribution in [3.63, 3.8) is 0 Å². The molecule has 1 aromatic carbocycles. The van der Waals surface area contributed by atoms with Gasteiger partial charge in [0.1, 0.15) is 0 Å². The van der Waals surface area contributed by atoms with Crippen molar-refractivity contribution in [3.05, 3.63) is 52.6 Å². The fourth-order valence-electron chi connectivity index (χ4n) is 5.00. The topological polar surface area (TPSA) is 69.8 Å². The minimum absolute atomic E-state index is 0.190. The highest BCUT2D eigenvalue weighted by Crippen LogP contribution is 2.45. The van der Waals surface area contributed by atoms with Crippen LogP contribution in [0, 0.1) is 5.41 Å². The molecular formula is C21H24N4OS. The molecule has 1 amide bonds. The number of rotatable bonds is 6. The van der Waals surface area contributed by atoms with Crippen LogP contribution >= 0.6 is 11.3 Å². The van der Waals surface area contributed by atoms with Crippen LogP contribution in [0.2, 0.25) is 0 Å². The average Bonchev–Trinajstić information content (AvgIpc) is 3.46. The number of nitrogens with one attached hydrogen (secondary N) is 3. The van der Waals surface area contributed by atoms with E-state index in [1.165, 1.54) is 17.4 Å². The fraction of sp³-hybridized carbons (Fsp3) is 0.429. The van der Waals surface area contributed by atoms with Crippen LogP contribution in [-0.2, 0) is 17.6 Å². The number of amides is 1. The molecule has 0 unspecified atom stereocenters. The van der Waals surface area contributed by atoms with Gasteiger partial charge in [-0.2, -0.15) is 0 Å². The lowest BCUT2D eigenvalue weighted by Gasteiger charge is -2.34. The second kappa shape index (κ2) is 6.77. The molecule has 2 fully saturated rings. The average molecular weight is 381 g/mol. The summed E-state index contributed by atoms with van der Waals surface area (Å²) in [7, 11) is 0. The van der Waals surface area contributed by atoms with Gasteiger partial charge in [-0.15, -0.1) is 11.3 Å². The Bertz CT molecular complexity index is 950. The van der Waals surface area contributed by atoms with Crippen molar-refractivity contribution < 1.29 is 4.79 Å². The summed E-state index contributed by atoms with van der Waals surface area (Å²) >= 11 is 1.60. The Kier molecular flexibility index (Phi) is 4.25. The lowest BCUT2D eigenvalue weighted by Crippen LogP contribution is -2.50. The van der Waals surface area contributed by atoms with Crippen molar-refractivity contribution >= 4 is 28.1 Å². The molecule has 2 bridgehead atoms. The third-order valence-corrected chi connectivity index (χ3v) is 6.94. The summed E-state index contributed by atoms with van der Waals surface area (Å²) in [5, 5.41) is 10.2. The first-order valence-electron chi connectivity index (χ1n) is 9.71. The molecule has 3 atom stereocenters. The van der Waals surface area contributed by atoms with E-state index in [4.69, 9.17) is 0 Å². The molecule has 0 aliphatic carbocycles. The summed E-state index contributed by atoms with van der Waals surface area (Å²) in [5.74, 6) is 0.190. The Morgan fingerprint density at radius 2 is 2.26 bits per heavy atom. The summed E-state index contributed by atoms with van der Waals surface area (Å²) in [6.45, 7) is 0.664. The minimum Gasteiger partial charge on any atom is -0.361 e. The number of H-pyrrole nitrogens is 1. The van der Waals surface area contributed by atoms with Crippen LogP contribution in [0.15, 0.2) is 41.4 Å². The number of aromatic nitrogens is 2. The second-order valence-electron chi connectivity index (χ2n) is 7.88. The van der Waals surface area contributed by atoms with E-state index in [9.17, 15) is 4.79 Å². The van der Waals surface area contributed by atoms with Crippen molar-refractivity contribution in [2.24, 2.45) is 5.41 Å². The zero-order chi connectivity index (χ0) is 18.3. The maximum absolute atomic E-state index is 13.3. The van der Waals surface area contributed by atoms with Crippen molar-refractivity contribution in [3.8, 4) is 0 Å². The summed E-state index contributed by atoms with van der Waals surface area (Å²) in [6, 6.07) is 9.06. The summed E-state index contributed by atoms with van der Waals surface area (Å²) in [4.78, 5) is 21.1. The monoisotopic (exact) mass is 380 g/mol. The fourth-order valence-corrected chi connectivity index (χ4v) is 5.56. The van der Waals surface area contributed by atoms with Gasteiger partial charge in [0, 0.05) is 47.5 Å². The Morgan fingerprint density at radius 3 is 3.04 bits per heavy atom. The molecule has 4 heterocycles. The van der Waals surface area contributed by atoms with Gasteiger partial charge in [0.25, 0.3) is 0 Å². The molecule has 0 spiro atoms. The van der Waals surface area contributed by atoms with Crippen LogP contribution in [0.5, 0.6) is 0 Å². The Morgan fingerprint density at radius 1 is 1.33 bits per heavy atom. The number of carbonyl (C=O) groups excluding carboxylic acids is 1. The van der Waals surface area contributed by atoms with Gasteiger partial charge in [0.2, 0.25) is 5.91 Å². The SMILES string of the molecule is O=C(NCCc1c[nH]c2ccccc12)[C@]1(Cc2cscn2)C[C@@H]2CC[C@H]1N2. The van der Waals surface area contributed by atoms with E-state index in [-0.39, 0.29) is 17.4 Å². The molecule has 27 heavy (non-hydrogen) atoms. The summed E-state index contributed by atoms with van der Waals surface area (Å²) in [6.07, 6.45) is 6.83. The van der Waals surface area contributed by atoms with Gasteiger partial charge in [-0.1, -0.05) is 18.2 Å². The molecule has 3 aromatic rings. The third-order valence-electron chi connectivity index (χ3n) is 6.31.